The van der Waals surface area contributed by atoms with Crippen molar-refractivity contribution >= 4 is 35.4 Å². The van der Waals surface area contributed by atoms with E-state index in [1.54, 1.807) is 10.2 Å². The standard InChI is InChI=1S/C2H2AsNS/c1-2-4-5-3-1/h1-2H. The molecule has 0 aromatic carbocycles. The van der Waals surface area contributed by atoms with E-state index in [1.807, 2.05) is 6.21 Å². The molecule has 0 aliphatic carbocycles. The molecular formula is C2H2AsNS. The molecule has 0 radical (unpaired) electrons. The van der Waals surface area contributed by atoms with Gasteiger partial charge in [0.15, 0.2) is 0 Å². The Hall–Kier alpha value is 0.448. The van der Waals surface area contributed by atoms with Crippen LogP contribution in [0.3, 0.4) is 0 Å². The van der Waals surface area contributed by atoms with E-state index in [1.165, 1.54) is 0 Å². The Kier molecular flexibility index (Phi) is 1.29. The van der Waals surface area contributed by atoms with Gasteiger partial charge in [0.05, 0.1) is 0 Å². The Labute approximate surface area is 40.2 Å². The molecule has 0 amide bonds. The molecule has 26 valence electrons. The minimum atomic E-state index is 0.424. The van der Waals surface area contributed by atoms with Gasteiger partial charge in [-0.3, -0.25) is 0 Å². The van der Waals surface area contributed by atoms with Crippen molar-refractivity contribution in [3.8, 4) is 0 Å². The monoisotopic (exact) mass is 147 g/mol. The predicted molar refractivity (Wildman–Crippen MR) is 27.9 cm³/mol. The average molecular weight is 147 g/mol. The molecule has 1 heterocycles. The molecule has 1 rings (SSSR count). The van der Waals surface area contributed by atoms with Gasteiger partial charge in [-0.05, 0) is 0 Å². The summed E-state index contributed by atoms with van der Waals surface area (Å²) in [4.78, 5) is 2.13. The zero-order chi connectivity index (χ0) is 3.54. The summed E-state index contributed by atoms with van der Waals surface area (Å²) < 4.78 is 3.86. The van der Waals surface area contributed by atoms with Crippen LogP contribution < -0.4 is 0 Å². The van der Waals surface area contributed by atoms with E-state index >= 15 is 0 Å². The van der Waals surface area contributed by atoms with Crippen molar-refractivity contribution in [3.63, 3.8) is 0 Å². The van der Waals surface area contributed by atoms with E-state index in [-0.39, 0.29) is 0 Å². The maximum atomic E-state index is 3.86. The molecule has 1 nitrogen and oxygen atoms in total. The molecular weight excluding hydrogens is 145 g/mol. The summed E-state index contributed by atoms with van der Waals surface area (Å²) in [5.41, 5.74) is 0. The van der Waals surface area contributed by atoms with Crippen LogP contribution in [0.15, 0.2) is 4.40 Å². The van der Waals surface area contributed by atoms with Crippen molar-refractivity contribution < 1.29 is 0 Å². The van der Waals surface area contributed by atoms with Gasteiger partial charge in [-0.25, -0.2) is 0 Å². The molecule has 3 heteroatoms. The number of nitrogens with zero attached hydrogens (tertiary/aromatic N) is 1. The van der Waals surface area contributed by atoms with E-state index < -0.39 is 0 Å². The van der Waals surface area contributed by atoms with Gasteiger partial charge >= 0.3 is 39.8 Å². The van der Waals surface area contributed by atoms with Crippen LogP contribution in [-0.4, -0.2) is 25.2 Å². The van der Waals surface area contributed by atoms with Crippen LogP contribution in [0, 0.1) is 0 Å². The van der Waals surface area contributed by atoms with Gasteiger partial charge in [0.1, 0.15) is 0 Å². The molecule has 0 aromatic heterocycles. The van der Waals surface area contributed by atoms with Crippen LogP contribution in [0.5, 0.6) is 0 Å². The molecule has 0 N–H and O–H groups in total. The Balaban J connectivity index is 2.61. The molecule has 0 unspecified atom stereocenters. The third-order valence-electron chi connectivity index (χ3n) is 0.283. The minimum absolute atomic E-state index is 0.424. The first-order chi connectivity index (χ1) is 2.50. The van der Waals surface area contributed by atoms with Gasteiger partial charge in [0.2, 0.25) is 0 Å². The van der Waals surface area contributed by atoms with Crippen LogP contribution in [0.4, 0.5) is 0 Å². The van der Waals surface area contributed by atoms with E-state index in [9.17, 15) is 0 Å². The molecule has 0 fully saturated rings. The van der Waals surface area contributed by atoms with Gasteiger partial charge in [-0.15, -0.1) is 0 Å². The number of hydrogen-bond donors (Lipinski definition) is 0. The Morgan fingerprint density at radius 1 is 1.80 bits per heavy atom. The van der Waals surface area contributed by atoms with Gasteiger partial charge in [-0.1, -0.05) is 0 Å². The summed E-state index contributed by atoms with van der Waals surface area (Å²) in [5.74, 6) is 0. The fourth-order valence-corrected chi connectivity index (χ4v) is 2.12. The van der Waals surface area contributed by atoms with Gasteiger partial charge < -0.3 is 0 Å². The second-order valence-corrected chi connectivity index (χ2v) is 4.16. The first-order valence-electron chi connectivity index (χ1n) is 1.21. The third-order valence-corrected chi connectivity index (χ3v) is 2.95. The van der Waals surface area contributed by atoms with Crippen molar-refractivity contribution in [2.24, 2.45) is 4.40 Å². The first kappa shape index (κ1) is 3.63. The van der Waals surface area contributed by atoms with Crippen LogP contribution in [0.2, 0.25) is 0 Å². The van der Waals surface area contributed by atoms with Crippen LogP contribution in [-0.2, 0) is 0 Å². The molecule has 0 aromatic rings. The normalized spacial score (nSPS) is 20.8. The second-order valence-electron chi connectivity index (χ2n) is 0.591. The van der Waals surface area contributed by atoms with Crippen molar-refractivity contribution in [2.45, 2.75) is 0 Å². The topological polar surface area (TPSA) is 12.4 Å². The predicted octanol–water partition coefficient (Wildman–Crippen LogP) is 0.140. The van der Waals surface area contributed by atoms with Crippen molar-refractivity contribution in [1.82, 2.24) is 0 Å². The summed E-state index contributed by atoms with van der Waals surface area (Å²) in [6, 6.07) is 0. The van der Waals surface area contributed by atoms with Crippen molar-refractivity contribution in [1.29, 1.82) is 0 Å². The summed E-state index contributed by atoms with van der Waals surface area (Å²) in [6.07, 6.45) is 1.87. The van der Waals surface area contributed by atoms with Gasteiger partial charge in [0, 0.05) is 0 Å². The Morgan fingerprint density at radius 2 is 2.80 bits per heavy atom. The van der Waals surface area contributed by atoms with Gasteiger partial charge in [0.25, 0.3) is 0 Å². The maximum absolute atomic E-state index is 3.86. The van der Waals surface area contributed by atoms with E-state index in [0.717, 1.165) is 0 Å². The molecule has 0 saturated heterocycles. The summed E-state index contributed by atoms with van der Waals surface area (Å²) >= 11 is 0.424. The zero-order valence-corrected chi connectivity index (χ0v) is 5.15. The van der Waals surface area contributed by atoms with E-state index in [2.05, 4.69) is 9.20 Å². The van der Waals surface area contributed by atoms with Gasteiger partial charge in [-0.2, -0.15) is 0 Å². The molecule has 1 aliphatic heterocycles. The third kappa shape index (κ3) is 0.898. The Bertz CT molecular complexity index is 67.7. The molecule has 0 atom stereocenters. The molecule has 5 heavy (non-hydrogen) atoms. The molecule has 0 bridgehead atoms. The zero-order valence-electron chi connectivity index (χ0n) is 2.46. The molecule has 0 saturated carbocycles. The fraction of sp³-hybridized carbons (Fsp3) is 0. The number of rotatable bonds is 0. The van der Waals surface area contributed by atoms with Crippen LogP contribution >= 0.6 is 10.2 Å². The summed E-state index contributed by atoms with van der Waals surface area (Å²) in [7, 11) is 1.68. The Morgan fingerprint density at radius 3 is 3.00 bits per heavy atom. The van der Waals surface area contributed by atoms with Crippen molar-refractivity contribution in [3.05, 3.63) is 0 Å². The molecule has 1 aliphatic rings. The van der Waals surface area contributed by atoms with Crippen LogP contribution in [0.1, 0.15) is 0 Å². The average Bonchev–Trinajstić information content (AvgIpc) is 1.76. The first-order valence-corrected chi connectivity index (χ1v) is 5.33. The van der Waals surface area contributed by atoms with E-state index in [0.29, 0.717) is 14.2 Å². The summed E-state index contributed by atoms with van der Waals surface area (Å²) in [5, 5.41) is 0. The van der Waals surface area contributed by atoms with E-state index in [4.69, 9.17) is 0 Å². The van der Waals surface area contributed by atoms with Crippen molar-refractivity contribution in [2.75, 3.05) is 0 Å². The molecule has 0 spiro atoms. The quantitative estimate of drug-likeness (QED) is 0.350. The number of hydrogen-bond acceptors (Lipinski definition) is 2. The fourth-order valence-electron chi connectivity index (χ4n) is 0.136. The SMILES string of the molecule is C1=NS[As]=C1. The summed E-state index contributed by atoms with van der Waals surface area (Å²) in [6.45, 7) is 0. The van der Waals surface area contributed by atoms with Crippen LogP contribution in [0.25, 0.3) is 0 Å². The second kappa shape index (κ2) is 1.78.